The van der Waals surface area contributed by atoms with Crippen LogP contribution < -0.4 is 0 Å². The van der Waals surface area contributed by atoms with Crippen molar-refractivity contribution in [1.82, 2.24) is 0 Å². The monoisotopic (exact) mass is 218 g/mol. The number of hydrogen-bond acceptors (Lipinski definition) is 4. The van der Waals surface area contributed by atoms with Gasteiger partial charge >= 0.3 is 5.97 Å². The molecule has 0 aromatic carbocycles. The third-order valence-corrected chi connectivity index (χ3v) is 3.66. The van der Waals surface area contributed by atoms with Crippen molar-refractivity contribution in [3.8, 4) is 0 Å². The van der Waals surface area contributed by atoms with Crippen LogP contribution in [0.5, 0.6) is 0 Å². The molecule has 1 fully saturated rings. The number of rotatable bonds is 6. The maximum absolute atomic E-state index is 11.4. The van der Waals surface area contributed by atoms with Crippen LogP contribution in [0, 0.1) is 0 Å². The number of thioether (sulfide) groups is 1. The lowest BCUT2D eigenvalue weighted by Crippen LogP contribution is -2.34. The summed E-state index contributed by atoms with van der Waals surface area (Å²) in [4.78, 5) is 11.4. The van der Waals surface area contributed by atoms with Gasteiger partial charge < -0.3 is 9.47 Å². The number of carbonyl (C=O) groups is 1. The van der Waals surface area contributed by atoms with Crippen molar-refractivity contribution < 1.29 is 14.3 Å². The van der Waals surface area contributed by atoms with E-state index in [-0.39, 0.29) is 11.2 Å². The Morgan fingerprint density at radius 1 is 1.64 bits per heavy atom. The minimum atomic E-state index is -0.0876. The van der Waals surface area contributed by atoms with Gasteiger partial charge in [-0.1, -0.05) is 19.8 Å². The van der Waals surface area contributed by atoms with E-state index in [0.717, 1.165) is 32.5 Å². The van der Waals surface area contributed by atoms with Crippen molar-refractivity contribution in [3.05, 3.63) is 0 Å². The van der Waals surface area contributed by atoms with Crippen LogP contribution in [0.3, 0.4) is 0 Å². The topological polar surface area (TPSA) is 35.5 Å². The summed E-state index contributed by atoms with van der Waals surface area (Å²) in [5.74, 6) is -0.0876. The first kappa shape index (κ1) is 11.9. The quantitative estimate of drug-likeness (QED) is 0.637. The lowest BCUT2D eigenvalue weighted by Gasteiger charge is -2.28. The fraction of sp³-hybridized carbons (Fsp3) is 0.900. The molecular formula is C10H18O3S. The molecule has 0 amide bonds. The number of unbranched alkanes of at least 4 members (excludes halogenated alkanes) is 1. The molecule has 0 N–H and O–H groups in total. The first-order valence-corrected chi connectivity index (χ1v) is 6.03. The fourth-order valence-electron chi connectivity index (χ4n) is 1.29. The Bertz CT molecular complexity index is 180. The average Bonchev–Trinajstić information content (AvgIpc) is 2.14. The highest BCUT2D eigenvalue weighted by molar-refractivity contribution is 8.01. The second-order valence-corrected chi connectivity index (χ2v) is 4.96. The molecule has 4 heteroatoms. The van der Waals surface area contributed by atoms with E-state index in [1.54, 1.807) is 11.8 Å². The minimum Gasteiger partial charge on any atom is -0.468 e. The van der Waals surface area contributed by atoms with Gasteiger partial charge in [0.1, 0.15) is 5.25 Å². The molecular weight excluding hydrogens is 200 g/mol. The van der Waals surface area contributed by atoms with Gasteiger partial charge in [0.05, 0.1) is 25.6 Å². The fourth-order valence-corrected chi connectivity index (χ4v) is 2.61. The summed E-state index contributed by atoms with van der Waals surface area (Å²) in [7, 11) is 1.46. The Morgan fingerprint density at radius 2 is 2.36 bits per heavy atom. The molecule has 1 unspecified atom stereocenters. The van der Waals surface area contributed by atoms with E-state index in [9.17, 15) is 4.79 Å². The van der Waals surface area contributed by atoms with Crippen LogP contribution in [-0.2, 0) is 14.3 Å². The maximum Gasteiger partial charge on any atom is 0.318 e. The lowest BCUT2D eigenvalue weighted by molar-refractivity contribution is -0.140. The highest BCUT2D eigenvalue weighted by Gasteiger charge is 2.27. The molecule has 0 aromatic heterocycles. The third-order valence-electron chi connectivity index (χ3n) is 2.25. The largest absolute Gasteiger partial charge is 0.468 e. The standard InChI is InChI=1S/C10H18O3S/c1-3-4-5-9(10(11)12-2)14-8-6-13-7-8/h8-9H,3-7H2,1-2H3. The van der Waals surface area contributed by atoms with Crippen molar-refractivity contribution >= 4 is 17.7 Å². The molecule has 1 aliphatic rings. The molecule has 14 heavy (non-hydrogen) atoms. The normalized spacial score (nSPS) is 18.7. The zero-order valence-corrected chi connectivity index (χ0v) is 9.64. The number of hydrogen-bond donors (Lipinski definition) is 0. The van der Waals surface area contributed by atoms with Gasteiger partial charge in [0, 0.05) is 0 Å². The molecule has 3 nitrogen and oxygen atoms in total. The molecule has 1 atom stereocenters. The lowest BCUT2D eigenvalue weighted by atomic mass is 10.2. The van der Waals surface area contributed by atoms with Gasteiger partial charge in [-0.2, -0.15) is 0 Å². The molecule has 1 rings (SSSR count). The van der Waals surface area contributed by atoms with Gasteiger partial charge in [-0.3, -0.25) is 4.79 Å². The smallest absolute Gasteiger partial charge is 0.318 e. The molecule has 0 aliphatic carbocycles. The van der Waals surface area contributed by atoms with E-state index < -0.39 is 0 Å². The molecule has 0 aromatic rings. The summed E-state index contributed by atoms with van der Waals surface area (Å²) < 4.78 is 9.86. The van der Waals surface area contributed by atoms with Gasteiger partial charge in [-0.05, 0) is 6.42 Å². The summed E-state index contributed by atoms with van der Waals surface area (Å²) >= 11 is 1.70. The first-order chi connectivity index (χ1) is 6.77. The summed E-state index contributed by atoms with van der Waals surface area (Å²) in [5.41, 5.74) is 0. The van der Waals surface area contributed by atoms with Crippen LogP contribution in [0.25, 0.3) is 0 Å². The summed E-state index contributed by atoms with van der Waals surface area (Å²) in [5, 5.41) is 0.504. The third kappa shape index (κ3) is 3.50. The van der Waals surface area contributed by atoms with Crippen LogP contribution in [0.2, 0.25) is 0 Å². The summed E-state index contributed by atoms with van der Waals surface area (Å²) in [6.07, 6.45) is 3.12. The predicted molar refractivity (Wildman–Crippen MR) is 57.5 cm³/mol. The van der Waals surface area contributed by atoms with Crippen molar-refractivity contribution in [2.24, 2.45) is 0 Å². The Morgan fingerprint density at radius 3 is 2.79 bits per heavy atom. The van der Waals surface area contributed by atoms with Crippen LogP contribution in [-0.4, -0.2) is 36.8 Å². The number of methoxy groups -OCH3 is 1. The average molecular weight is 218 g/mol. The molecule has 0 saturated carbocycles. The highest BCUT2D eigenvalue weighted by atomic mass is 32.2. The van der Waals surface area contributed by atoms with Gasteiger partial charge in [-0.25, -0.2) is 0 Å². The summed E-state index contributed by atoms with van der Waals surface area (Å²) in [6.45, 7) is 3.69. The van der Waals surface area contributed by atoms with Gasteiger partial charge in [0.25, 0.3) is 0 Å². The Hall–Kier alpha value is -0.220. The van der Waals surface area contributed by atoms with Crippen LogP contribution in [0.1, 0.15) is 26.2 Å². The predicted octanol–water partition coefficient (Wildman–Crippen LogP) is 1.85. The van der Waals surface area contributed by atoms with Crippen LogP contribution >= 0.6 is 11.8 Å². The molecule has 1 heterocycles. The minimum absolute atomic E-state index is 0.00819. The van der Waals surface area contributed by atoms with E-state index in [1.807, 2.05) is 0 Å². The first-order valence-electron chi connectivity index (χ1n) is 5.09. The van der Waals surface area contributed by atoms with Gasteiger partial charge in [0.15, 0.2) is 0 Å². The molecule has 1 aliphatic heterocycles. The number of esters is 1. The highest BCUT2D eigenvalue weighted by Crippen LogP contribution is 2.27. The molecule has 82 valence electrons. The van der Waals surface area contributed by atoms with Crippen molar-refractivity contribution in [2.75, 3.05) is 20.3 Å². The molecule has 0 radical (unpaired) electrons. The summed E-state index contributed by atoms with van der Waals surface area (Å²) in [6, 6.07) is 0. The molecule has 1 saturated heterocycles. The van der Waals surface area contributed by atoms with Crippen LogP contribution in [0.4, 0.5) is 0 Å². The van der Waals surface area contributed by atoms with E-state index in [1.165, 1.54) is 7.11 Å². The number of carbonyl (C=O) groups excluding carboxylic acids is 1. The van der Waals surface area contributed by atoms with E-state index in [2.05, 4.69) is 6.92 Å². The van der Waals surface area contributed by atoms with Gasteiger partial charge in [0.2, 0.25) is 0 Å². The van der Waals surface area contributed by atoms with E-state index >= 15 is 0 Å². The molecule has 0 bridgehead atoms. The number of ether oxygens (including phenoxy) is 2. The van der Waals surface area contributed by atoms with Crippen molar-refractivity contribution in [3.63, 3.8) is 0 Å². The Kier molecular flexibility index (Phi) is 5.33. The second kappa shape index (κ2) is 6.30. The van der Waals surface area contributed by atoms with E-state index in [4.69, 9.17) is 9.47 Å². The van der Waals surface area contributed by atoms with Crippen molar-refractivity contribution in [1.29, 1.82) is 0 Å². The Labute approximate surface area is 89.5 Å². The van der Waals surface area contributed by atoms with Gasteiger partial charge in [-0.15, -0.1) is 11.8 Å². The maximum atomic E-state index is 11.4. The molecule has 0 spiro atoms. The zero-order valence-electron chi connectivity index (χ0n) is 8.82. The Balaban J connectivity index is 2.30. The van der Waals surface area contributed by atoms with Crippen LogP contribution in [0.15, 0.2) is 0 Å². The van der Waals surface area contributed by atoms with E-state index in [0.29, 0.717) is 5.25 Å². The zero-order chi connectivity index (χ0) is 10.4. The van der Waals surface area contributed by atoms with Crippen molar-refractivity contribution in [2.45, 2.75) is 36.7 Å². The second-order valence-electron chi connectivity index (χ2n) is 3.45. The SMILES string of the molecule is CCCCC(SC1COC1)C(=O)OC.